The SMILES string of the molecule is COc1ccccc1-c1nc(C)c(COc2cccc(C(=O)O)c2)o1. The first-order chi connectivity index (χ1) is 12.1. The van der Waals surface area contributed by atoms with Crippen LogP contribution in [-0.4, -0.2) is 23.2 Å². The normalized spacial score (nSPS) is 10.5. The number of hydrogen-bond acceptors (Lipinski definition) is 5. The molecule has 0 fully saturated rings. The molecule has 0 amide bonds. The van der Waals surface area contributed by atoms with Crippen molar-refractivity contribution in [1.82, 2.24) is 4.98 Å². The molecule has 0 atom stereocenters. The average Bonchev–Trinajstić information content (AvgIpc) is 3.00. The third-order valence-electron chi connectivity index (χ3n) is 3.68. The van der Waals surface area contributed by atoms with E-state index in [1.807, 2.05) is 31.2 Å². The Hall–Kier alpha value is -3.28. The third-order valence-corrected chi connectivity index (χ3v) is 3.68. The lowest BCUT2D eigenvalue weighted by atomic mass is 10.2. The fourth-order valence-corrected chi connectivity index (χ4v) is 2.37. The van der Waals surface area contributed by atoms with E-state index < -0.39 is 5.97 Å². The smallest absolute Gasteiger partial charge is 0.335 e. The van der Waals surface area contributed by atoms with E-state index in [-0.39, 0.29) is 12.2 Å². The largest absolute Gasteiger partial charge is 0.496 e. The minimum Gasteiger partial charge on any atom is -0.496 e. The summed E-state index contributed by atoms with van der Waals surface area (Å²) in [5.41, 5.74) is 1.63. The number of para-hydroxylation sites is 1. The van der Waals surface area contributed by atoms with Gasteiger partial charge >= 0.3 is 5.97 Å². The van der Waals surface area contributed by atoms with Gasteiger partial charge in [-0.3, -0.25) is 0 Å². The van der Waals surface area contributed by atoms with E-state index in [0.717, 1.165) is 5.56 Å². The molecule has 25 heavy (non-hydrogen) atoms. The van der Waals surface area contributed by atoms with Crippen LogP contribution in [0.1, 0.15) is 21.8 Å². The molecule has 1 heterocycles. The number of aromatic nitrogens is 1. The summed E-state index contributed by atoms with van der Waals surface area (Å²) in [6, 6.07) is 13.8. The van der Waals surface area contributed by atoms with Crippen LogP contribution in [0.3, 0.4) is 0 Å². The standard InChI is InChI=1S/C19H17NO5/c1-12-17(11-24-14-7-5-6-13(10-14)19(21)22)25-18(20-12)15-8-3-4-9-16(15)23-2/h3-10H,11H2,1-2H3,(H,21,22). The molecule has 0 saturated carbocycles. The van der Waals surface area contributed by atoms with E-state index >= 15 is 0 Å². The van der Waals surface area contributed by atoms with Gasteiger partial charge in [-0.05, 0) is 37.3 Å². The van der Waals surface area contributed by atoms with E-state index in [1.165, 1.54) is 12.1 Å². The van der Waals surface area contributed by atoms with Gasteiger partial charge in [-0.25, -0.2) is 9.78 Å². The molecule has 0 aliphatic heterocycles. The van der Waals surface area contributed by atoms with Crippen molar-refractivity contribution < 1.29 is 23.8 Å². The van der Waals surface area contributed by atoms with Crippen LogP contribution in [0.2, 0.25) is 0 Å². The molecule has 2 aromatic carbocycles. The molecule has 0 bridgehead atoms. The van der Waals surface area contributed by atoms with Crippen molar-refractivity contribution in [2.75, 3.05) is 7.11 Å². The Balaban J connectivity index is 1.79. The number of benzene rings is 2. The Kier molecular flexibility index (Phi) is 4.70. The lowest BCUT2D eigenvalue weighted by Gasteiger charge is -2.06. The Bertz CT molecular complexity index is 900. The van der Waals surface area contributed by atoms with Gasteiger partial charge in [-0.2, -0.15) is 0 Å². The molecule has 0 aliphatic rings. The van der Waals surface area contributed by atoms with Gasteiger partial charge in [0.2, 0.25) is 5.89 Å². The molecule has 0 radical (unpaired) electrons. The van der Waals surface area contributed by atoms with Crippen molar-refractivity contribution >= 4 is 5.97 Å². The zero-order valence-corrected chi connectivity index (χ0v) is 13.9. The molecule has 0 unspecified atom stereocenters. The van der Waals surface area contributed by atoms with Crippen LogP contribution in [-0.2, 0) is 6.61 Å². The highest BCUT2D eigenvalue weighted by molar-refractivity contribution is 5.88. The first-order valence-electron chi connectivity index (χ1n) is 7.64. The Morgan fingerprint density at radius 3 is 2.76 bits per heavy atom. The van der Waals surface area contributed by atoms with Crippen molar-refractivity contribution in [2.24, 2.45) is 0 Å². The summed E-state index contributed by atoms with van der Waals surface area (Å²) in [6.07, 6.45) is 0. The molecule has 128 valence electrons. The number of carbonyl (C=O) groups is 1. The molecular formula is C19H17NO5. The summed E-state index contributed by atoms with van der Waals surface area (Å²) >= 11 is 0. The van der Waals surface area contributed by atoms with Crippen LogP contribution < -0.4 is 9.47 Å². The van der Waals surface area contributed by atoms with Gasteiger partial charge in [-0.15, -0.1) is 0 Å². The van der Waals surface area contributed by atoms with Gasteiger partial charge in [0, 0.05) is 0 Å². The van der Waals surface area contributed by atoms with Crippen LogP contribution in [0.15, 0.2) is 52.9 Å². The van der Waals surface area contributed by atoms with Crippen LogP contribution in [0, 0.1) is 6.92 Å². The second-order valence-corrected chi connectivity index (χ2v) is 5.35. The minimum absolute atomic E-state index is 0.150. The van der Waals surface area contributed by atoms with Crippen molar-refractivity contribution in [3.63, 3.8) is 0 Å². The maximum absolute atomic E-state index is 11.0. The van der Waals surface area contributed by atoms with Gasteiger partial charge in [0.05, 0.1) is 23.9 Å². The van der Waals surface area contributed by atoms with E-state index in [1.54, 1.807) is 19.2 Å². The number of oxazole rings is 1. The summed E-state index contributed by atoms with van der Waals surface area (Å²) in [5, 5.41) is 9.02. The molecule has 6 nitrogen and oxygen atoms in total. The summed E-state index contributed by atoms with van der Waals surface area (Å²) in [4.78, 5) is 15.4. The fraction of sp³-hybridized carbons (Fsp3) is 0.158. The van der Waals surface area contributed by atoms with Crippen LogP contribution >= 0.6 is 0 Å². The summed E-state index contributed by atoms with van der Waals surface area (Å²) in [5.74, 6) is 1.15. The Morgan fingerprint density at radius 1 is 1.20 bits per heavy atom. The quantitative estimate of drug-likeness (QED) is 0.732. The number of ether oxygens (including phenoxy) is 2. The molecule has 0 saturated heterocycles. The Labute approximate surface area is 144 Å². The second kappa shape index (κ2) is 7.09. The first-order valence-corrected chi connectivity index (χ1v) is 7.64. The zero-order valence-electron chi connectivity index (χ0n) is 13.9. The molecule has 3 rings (SSSR count). The van der Waals surface area contributed by atoms with Crippen LogP contribution in [0.25, 0.3) is 11.5 Å². The van der Waals surface area contributed by atoms with Gasteiger partial charge < -0.3 is 19.0 Å². The molecule has 1 aromatic heterocycles. The number of carboxylic acid groups (broad SMARTS) is 1. The topological polar surface area (TPSA) is 81.8 Å². The first kappa shape index (κ1) is 16.6. The predicted molar refractivity (Wildman–Crippen MR) is 91.0 cm³/mol. The number of rotatable bonds is 6. The molecule has 0 spiro atoms. The maximum Gasteiger partial charge on any atom is 0.335 e. The number of nitrogens with zero attached hydrogens (tertiary/aromatic N) is 1. The molecule has 6 heteroatoms. The summed E-state index contributed by atoms with van der Waals surface area (Å²) in [6.45, 7) is 1.98. The zero-order chi connectivity index (χ0) is 17.8. The molecule has 3 aromatic rings. The van der Waals surface area contributed by atoms with E-state index in [9.17, 15) is 4.79 Å². The molecule has 1 N–H and O–H groups in total. The Morgan fingerprint density at radius 2 is 2.00 bits per heavy atom. The summed E-state index contributed by atoms with van der Waals surface area (Å²) in [7, 11) is 1.59. The van der Waals surface area contributed by atoms with Gasteiger partial charge in [-0.1, -0.05) is 18.2 Å². The van der Waals surface area contributed by atoms with Crippen LogP contribution in [0.4, 0.5) is 0 Å². The lowest BCUT2D eigenvalue weighted by molar-refractivity contribution is 0.0696. The van der Waals surface area contributed by atoms with Gasteiger partial charge in [0.1, 0.15) is 18.1 Å². The monoisotopic (exact) mass is 339 g/mol. The number of methoxy groups -OCH3 is 1. The number of hydrogen-bond donors (Lipinski definition) is 1. The third kappa shape index (κ3) is 3.63. The van der Waals surface area contributed by atoms with Crippen molar-refractivity contribution in [1.29, 1.82) is 0 Å². The highest BCUT2D eigenvalue weighted by Gasteiger charge is 2.15. The van der Waals surface area contributed by atoms with Crippen LogP contribution in [0.5, 0.6) is 11.5 Å². The highest BCUT2D eigenvalue weighted by atomic mass is 16.5. The van der Waals surface area contributed by atoms with E-state index in [2.05, 4.69) is 4.98 Å². The van der Waals surface area contributed by atoms with Crippen molar-refractivity contribution in [2.45, 2.75) is 13.5 Å². The van der Waals surface area contributed by atoms with Gasteiger partial charge in [0.25, 0.3) is 0 Å². The lowest BCUT2D eigenvalue weighted by Crippen LogP contribution is -1.99. The number of carboxylic acids is 1. The molecule has 0 aliphatic carbocycles. The van der Waals surface area contributed by atoms with E-state index in [0.29, 0.717) is 28.8 Å². The van der Waals surface area contributed by atoms with Gasteiger partial charge in [0.15, 0.2) is 5.76 Å². The highest BCUT2D eigenvalue weighted by Crippen LogP contribution is 2.30. The average molecular weight is 339 g/mol. The number of aromatic carboxylic acids is 1. The second-order valence-electron chi connectivity index (χ2n) is 5.35. The molecular weight excluding hydrogens is 322 g/mol. The summed E-state index contributed by atoms with van der Waals surface area (Å²) < 4.78 is 16.8. The van der Waals surface area contributed by atoms with Crippen molar-refractivity contribution in [3.8, 4) is 23.0 Å². The fourth-order valence-electron chi connectivity index (χ4n) is 2.37. The minimum atomic E-state index is -1.00. The number of aryl methyl sites for hydroxylation is 1. The maximum atomic E-state index is 11.0. The van der Waals surface area contributed by atoms with E-state index in [4.69, 9.17) is 19.0 Å². The van der Waals surface area contributed by atoms with Crippen molar-refractivity contribution in [3.05, 3.63) is 65.5 Å². The predicted octanol–water partition coefficient (Wildman–Crippen LogP) is 3.94.